The maximum Gasteiger partial charge on any atom is 0.334 e. The minimum atomic E-state index is -0.847. The highest BCUT2D eigenvalue weighted by molar-refractivity contribution is 5.91. The Hall–Kier alpha value is -1.39. The Morgan fingerprint density at radius 1 is 1.63 bits per heavy atom. The van der Waals surface area contributed by atoms with Gasteiger partial charge in [-0.2, -0.15) is 0 Å². The van der Waals surface area contributed by atoms with Crippen molar-refractivity contribution in [2.24, 2.45) is 17.3 Å². The normalized spacial score (nSPS) is 41.6. The van der Waals surface area contributed by atoms with Gasteiger partial charge in [-0.1, -0.05) is 24.8 Å². The van der Waals surface area contributed by atoms with E-state index in [1.807, 2.05) is 6.92 Å². The van der Waals surface area contributed by atoms with Crippen LogP contribution in [0, 0.1) is 17.3 Å². The Morgan fingerprint density at radius 3 is 2.74 bits per heavy atom. The van der Waals surface area contributed by atoms with E-state index in [-0.39, 0.29) is 12.5 Å². The van der Waals surface area contributed by atoms with Crippen molar-refractivity contribution in [3.8, 4) is 0 Å². The first-order chi connectivity index (χ1) is 8.88. The molecule has 0 bridgehead atoms. The molecule has 0 aromatic heterocycles. The molecular weight excluding hydrogens is 244 g/mol. The Morgan fingerprint density at radius 2 is 2.26 bits per heavy atom. The number of rotatable bonds is 3. The number of fused-ring (bicyclic) bond motifs is 1. The molecule has 1 saturated heterocycles. The fraction of sp³-hybridized carbons (Fsp3) is 0.533. The van der Waals surface area contributed by atoms with Gasteiger partial charge in [0.1, 0.15) is 6.10 Å². The van der Waals surface area contributed by atoms with E-state index in [0.29, 0.717) is 12.0 Å². The van der Waals surface area contributed by atoms with E-state index >= 15 is 0 Å². The van der Waals surface area contributed by atoms with Crippen LogP contribution in [0.3, 0.4) is 0 Å². The van der Waals surface area contributed by atoms with E-state index in [9.17, 15) is 15.0 Å². The SMILES string of the molecule is C=C[C@]1(CO)C[C@H]2OC(=O)C(=C)[C@@H]2[C@H](O)[C@H]1C(=C)C. The number of hydrogen-bond acceptors (Lipinski definition) is 4. The van der Waals surface area contributed by atoms with Gasteiger partial charge in [-0.15, -0.1) is 6.58 Å². The molecule has 0 aromatic rings. The molecule has 0 unspecified atom stereocenters. The lowest BCUT2D eigenvalue weighted by molar-refractivity contribution is -0.145. The minimum Gasteiger partial charge on any atom is -0.458 e. The first-order valence-corrected chi connectivity index (χ1v) is 6.35. The van der Waals surface area contributed by atoms with Crippen LogP contribution in [-0.4, -0.2) is 35.0 Å². The van der Waals surface area contributed by atoms with Gasteiger partial charge in [-0.25, -0.2) is 4.79 Å². The van der Waals surface area contributed by atoms with Crippen LogP contribution < -0.4 is 0 Å². The lowest BCUT2D eigenvalue weighted by Crippen LogP contribution is -2.52. The molecular formula is C15H20O4. The van der Waals surface area contributed by atoms with E-state index < -0.39 is 29.5 Å². The average molecular weight is 264 g/mol. The number of hydrogen-bond donors (Lipinski definition) is 2. The van der Waals surface area contributed by atoms with E-state index in [1.165, 1.54) is 0 Å². The molecule has 2 N–H and O–H groups in total. The molecule has 5 atom stereocenters. The van der Waals surface area contributed by atoms with Crippen LogP contribution in [0.15, 0.2) is 37.0 Å². The predicted molar refractivity (Wildman–Crippen MR) is 71.2 cm³/mol. The summed E-state index contributed by atoms with van der Waals surface area (Å²) in [4.78, 5) is 11.6. The third-order valence-corrected chi connectivity index (χ3v) is 4.47. The summed E-state index contributed by atoms with van der Waals surface area (Å²) in [6.07, 6.45) is 0.772. The summed E-state index contributed by atoms with van der Waals surface area (Å²) < 4.78 is 5.25. The van der Waals surface area contributed by atoms with Crippen molar-refractivity contribution in [2.45, 2.75) is 25.6 Å². The average Bonchev–Trinajstić information content (AvgIpc) is 2.63. The summed E-state index contributed by atoms with van der Waals surface area (Å²) in [5, 5.41) is 20.3. The molecule has 0 amide bonds. The van der Waals surface area contributed by atoms with Crippen LogP contribution in [0.5, 0.6) is 0 Å². The van der Waals surface area contributed by atoms with Gasteiger partial charge in [0.15, 0.2) is 0 Å². The number of ether oxygens (including phenoxy) is 1. The molecule has 104 valence electrons. The third-order valence-electron chi connectivity index (χ3n) is 4.47. The summed E-state index contributed by atoms with van der Waals surface area (Å²) in [5.74, 6) is -1.25. The molecule has 2 aliphatic rings. The Bertz CT molecular complexity index is 453. The molecule has 1 heterocycles. The highest BCUT2D eigenvalue weighted by Crippen LogP contribution is 2.52. The molecule has 1 saturated carbocycles. The van der Waals surface area contributed by atoms with Gasteiger partial charge in [0.2, 0.25) is 0 Å². The molecule has 4 heteroatoms. The molecule has 2 rings (SSSR count). The standard InChI is InChI=1S/C15H20O4/c1-5-15(7-16)6-10-11(9(4)14(18)19-10)13(17)12(15)8(2)3/h5,10-13,16-17H,1-2,4,6-7H2,3H3/t10-,11+,12-,13+,15-/m1/s1. The summed E-state index contributed by atoms with van der Waals surface area (Å²) in [5.41, 5.74) is 0.350. The largest absolute Gasteiger partial charge is 0.458 e. The van der Waals surface area contributed by atoms with Gasteiger partial charge in [0.05, 0.1) is 18.6 Å². The molecule has 0 aromatic carbocycles. The number of carbonyl (C=O) groups is 1. The number of esters is 1. The second-order valence-corrected chi connectivity index (χ2v) is 5.61. The number of carbonyl (C=O) groups excluding carboxylic acids is 1. The van der Waals surface area contributed by atoms with E-state index in [2.05, 4.69) is 19.7 Å². The molecule has 0 radical (unpaired) electrons. The van der Waals surface area contributed by atoms with Crippen molar-refractivity contribution >= 4 is 5.97 Å². The van der Waals surface area contributed by atoms with Crippen molar-refractivity contribution in [2.75, 3.05) is 6.61 Å². The van der Waals surface area contributed by atoms with Gasteiger partial charge in [0.25, 0.3) is 0 Å². The highest BCUT2D eigenvalue weighted by atomic mass is 16.6. The monoisotopic (exact) mass is 264 g/mol. The van der Waals surface area contributed by atoms with E-state index in [0.717, 1.165) is 5.57 Å². The minimum absolute atomic E-state index is 0.168. The highest BCUT2D eigenvalue weighted by Gasteiger charge is 2.57. The first kappa shape index (κ1) is 14.0. The second kappa shape index (κ2) is 4.62. The van der Waals surface area contributed by atoms with Crippen LogP contribution in [0.25, 0.3) is 0 Å². The Labute approximate surface area is 113 Å². The van der Waals surface area contributed by atoms with Gasteiger partial charge < -0.3 is 14.9 Å². The molecule has 19 heavy (non-hydrogen) atoms. The smallest absolute Gasteiger partial charge is 0.334 e. The summed E-state index contributed by atoms with van der Waals surface area (Å²) in [6.45, 7) is 13.0. The molecule has 2 fully saturated rings. The molecule has 1 aliphatic carbocycles. The van der Waals surface area contributed by atoms with Crippen LogP contribution in [0.2, 0.25) is 0 Å². The van der Waals surface area contributed by atoms with Crippen LogP contribution in [0.1, 0.15) is 13.3 Å². The van der Waals surface area contributed by atoms with Crippen molar-refractivity contribution in [1.29, 1.82) is 0 Å². The fourth-order valence-corrected chi connectivity index (χ4v) is 3.51. The maximum atomic E-state index is 11.6. The van der Waals surface area contributed by atoms with Crippen LogP contribution in [0.4, 0.5) is 0 Å². The molecule has 4 nitrogen and oxygen atoms in total. The van der Waals surface area contributed by atoms with Gasteiger partial charge in [-0.3, -0.25) is 0 Å². The molecule has 0 spiro atoms. The fourth-order valence-electron chi connectivity index (χ4n) is 3.51. The van der Waals surface area contributed by atoms with Gasteiger partial charge >= 0.3 is 5.97 Å². The second-order valence-electron chi connectivity index (χ2n) is 5.61. The summed E-state index contributed by atoms with van der Waals surface area (Å²) in [7, 11) is 0. The van der Waals surface area contributed by atoms with Crippen molar-refractivity contribution in [3.05, 3.63) is 37.0 Å². The van der Waals surface area contributed by atoms with Gasteiger partial charge in [-0.05, 0) is 13.3 Å². The lowest BCUT2D eigenvalue weighted by atomic mass is 9.58. The topological polar surface area (TPSA) is 66.8 Å². The van der Waals surface area contributed by atoms with E-state index in [4.69, 9.17) is 4.74 Å². The zero-order valence-corrected chi connectivity index (χ0v) is 11.1. The zero-order chi connectivity index (χ0) is 14.4. The first-order valence-electron chi connectivity index (χ1n) is 6.35. The van der Waals surface area contributed by atoms with Crippen molar-refractivity contribution in [3.63, 3.8) is 0 Å². The maximum absolute atomic E-state index is 11.6. The summed E-state index contributed by atoms with van der Waals surface area (Å²) in [6, 6.07) is 0. The number of aliphatic hydroxyl groups is 2. The van der Waals surface area contributed by atoms with Gasteiger partial charge in [0, 0.05) is 16.9 Å². The Kier molecular flexibility index (Phi) is 3.41. The lowest BCUT2D eigenvalue weighted by Gasteiger charge is -2.48. The third kappa shape index (κ3) is 1.86. The quantitative estimate of drug-likeness (QED) is 0.457. The Balaban J connectivity index is 2.46. The zero-order valence-electron chi connectivity index (χ0n) is 11.1. The van der Waals surface area contributed by atoms with Crippen molar-refractivity contribution < 1.29 is 19.7 Å². The number of aliphatic hydroxyl groups excluding tert-OH is 2. The van der Waals surface area contributed by atoms with Crippen molar-refractivity contribution in [1.82, 2.24) is 0 Å². The van der Waals surface area contributed by atoms with Crippen LogP contribution in [-0.2, 0) is 9.53 Å². The van der Waals surface area contributed by atoms with E-state index in [1.54, 1.807) is 6.08 Å². The predicted octanol–water partition coefficient (Wildman–Crippen LogP) is 1.21. The summed E-state index contributed by atoms with van der Waals surface area (Å²) >= 11 is 0. The van der Waals surface area contributed by atoms with Crippen LogP contribution >= 0.6 is 0 Å². The molecule has 1 aliphatic heterocycles.